The van der Waals surface area contributed by atoms with Crippen molar-refractivity contribution in [1.29, 1.82) is 0 Å². The highest BCUT2D eigenvalue weighted by molar-refractivity contribution is 5.87. The number of aromatic nitrogens is 3. The highest BCUT2D eigenvalue weighted by Crippen LogP contribution is 2.23. The zero-order valence-corrected chi connectivity index (χ0v) is 15.3. The second-order valence-electron chi connectivity index (χ2n) is 7.17. The number of nitrogens with one attached hydrogen (secondary N) is 2. The SMILES string of the molecule is CC(=O)Nc1cc(CN2CCC[C@H](Cc3cc(C)nc(C)c3)C2)[nH]n1. The zero-order chi connectivity index (χ0) is 17.8. The van der Waals surface area contributed by atoms with Crippen LogP contribution in [0.1, 0.15) is 42.4 Å². The summed E-state index contributed by atoms with van der Waals surface area (Å²) in [6, 6.07) is 6.34. The third kappa shape index (κ3) is 5.13. The number of anilines is 1. The van der Waals surface area contributed by atoms with Crippen molar-refractivity contribution in [2.75, 3.05) is 18.4 Å². The van der Waals surface area contributed by atoms with Gasteiger partial charge in [0.15, 0.2) is 5.82 Å². The fourth-order valence-electron chi connectivity index (χ4n) is 3.76. The van der Waals surface area contributed by atoms with Crippen molar-refractivity contribution in [1.82, 2.24) is 20.1 Å². The monoisotopic (exact) mass is 341 g/mol. The van der Waals surface area contributed by atoms with Gasteiger partial charge >= 0.3 is 0 Å². The van der Waals surface area contributed by atoms with E-state index in [2.05, 4.69) is 51.4 Å². The second-order valence-corrected chi connectivity index (χ2v) is 7.17. The molecule has 0 saturated carbocycles. The molecule has 0 bridgehead atoms. The molecule has 2 aromatic heterocycles. The number of aryl methyl sites for hydroxylation is 2. The summed E-state index contributed by atoms with van der Waals surface area (Å²) in [6.45, 7) is 8.67. The lowest BCUT2D eigenvalue weighted by molar-refractivity contribution is -0.114. The number of amides is 1. The van der Waals surface area contributed by atoms with E-state index in [1.165, 1.54) is 25.3 Å². The molecular weight excluding hydrogens is 314 g/mol. The summed E-state index contributed by atoms with van der Waals surface area (Å²) in [5, 5.41) is 9.87. The number of hydrogen-bond acceptors (Lipinski definition) is 4. The Morgan fingerprint density at radius 2 is 2.08 bits per heavy atom. The van der Waals surface area contributed by atoms with Gasteiger partial charge in [0.1, 0.15) is 0 Å². The van der Waals surface area contributed by atoms with Crippen molar-refractivity contribution in [3.05, 3.63) is 40.8 Å². The third-order valence-corrected chi connectivity index (χ3v) is 4.60. The minimum atomic E-state index is -0.0981. The predicted molar refractivity (Wildman–Crippen MR) is 98.3 cm³/mol. The molecular formula is C19H27N5O. The molecule has 0 aliphatic carbocycles. The highest BCUT2D eigenvalue weighted by Gasteiger charge is 2.21. The lowest BCUT2D eigenvalue weighted by Gasteiger charge is -2.32. The molecule has 0 aromatic carbocycles. The van der Waals surface area contributed by atoms with E-state index in [1.54, 1.807) is 0 Å². The van der Waals surface area contributed by atoms with Crippen LogP contribution < -0.4 is 5.32 Å². The zero-order valence-electron chi connectivity index (χ0n) is 15.3. The van der Waals surface area contributed by atoms with Gasteiger partial charge in [0.05, 0.1) is 5.69 Å². The van der Waals surface area contributed by atoms with Crippen LogP contribution in [0.15, 0.2) is 18.2 Å². The Kier molecular flexibility index (Phi) is 5.48. The van der Waals surface area contributed by atoms with Gasteiger partial charge < -0.3 is 5.32 Å². The summed E-state index contributed by atoms with van der Waals surface area (Å²) in [5.74, 6) is 1.17. The normalized spacial score (nSPS) is 18.3. The quantitative estimate of drug-likeness (QED) is 0.877. The second kappa shape index (κ2) is 7.78. The molecule has 6 heteroatoms. The van der Waals surface area contributed by atoms with E-state index in [0.29, 0.717) is 11.7 Å². The number of carbonyl (C=O) groups is 1. The van der Waals surface area contributed by atoms with Crippen LogP contribution in [0.25, 0.3) is 0 Å². The minimum Gasteiger partial charge on any atom is -0.309 e. The van der Waals surface area contributed by atoms with Crippen LogP contribution in [0, 0.1) is 19.8 Å². The molecule has 6 nitrogen and oxygen atoms in total. The Balaban J connectivity index is 1.57. The van der Waals surface area contributed by atoms with Crippen LogP contribution in [0.5, 0.6) is 0 Å². The first-order valence-corrected chi connectivity index (χ1v) is 8.96. The maximum atomic E-state index is 11.1. The molecule has 1 aliphatic heterocycles. The summed E-state index contributed by atoms with van der Waals surface area (Å²) in [4.78, 5) is 18.0. The molecule has 1 aliphatic rings. The molecule has 0 spiro atoms. The van der Waals surface area contributed by atoms with E-state index in [9.17, 15) is 4.79 Å². The van der Waals surface area contributed by atoms with Gasteiger partial charge in [-0.2, -0.15) is 5.10 Å². The van der Waals surface area contributed by atoms with E-state index in [1.807, 2.05) is 6.07 Å². The highest BCUT2D eigenvalue weighted by atomic mass is 16.1. The molecule has 1 amide bonds. The van der Waals surface area contributed by atoms with E-state index in [0.717, 1.165) is 43.1 Å². The number of piperidine rings is 1. The van der Waals surface area contributed by atoms with Crippen LogP contribution in [0.2, 0.25) is 0 Å². The molecule has 3 heterocycles. The third-order valence-electron chi connectivity index (χ3n) is 4.60. The summed E-state index contributed by atoms with van der Waals surface area (Å²) >= 11 is 0. The lowest BCUT2D eigenvalue weighted by atomic mass is 9.91. The molecule has 25 heavy (non-hydrogen) atoms. The van der Waals surface area contributed by atoms with Gasteiger partial charge in [0.2, 0.25) is 5.91 Å². The van der Waals surface area contributed by atoms with Crippen molar-refractivity contribution in [2.45, 2.75) is 46.6 Å². The molecule has 3 rings (SSSR count). The number of hydrogen-bond donors (Lipinski definition) is 2. The molecule has 1 fully saturated rings. The maximum absolute atomic E-state index is 11.1. The van der Waals surface area contributed by atoms with Crippen molar-refractivity contribution < 1.29 is 4.79 Å². The van der Waals surface area contributed by atoms with Crippen molar-refractivity contribution in [3.8, 4) is 0 Å². The number of likely N-dealkylation sites (tertiary alicyclic amines) is 1. The Labute approximate surface area is 149 Å². The number of pyridine rings is 1. The first-order valence-electron chi connectivity index (χ1n) is 8.96. The van der Waals surface area contributed by atoms with Crippen molar-refractivity contribution in [2.24, 2.45) is 5.92 Å². The summed E-state index contributed by atoms with van der Waals surface area (Å²) in [7, 11) is 0. The smallest absolute Gasteiger partial charge is 0.222 e. The Morgan fingerprint density at radius 1 is 1.32 bits per heavy atom. The van der Waals surface area contributed by atoms with Gasteiger partial charge in [-0.15, -0.1) is 0 Å². The van der Waals surface area contributed by atoms with Crippen LogP contribution in [-0.2, 0) is 17.8 Å². The van der Waals surface area contributed by atoms with E-state index in [4.69, 9.17) is 0 Å². The number of rotatable bonds is 5. The van der Waals surface area contributed by atoms with E-state index < -0.39 is 0 Å². The van der Waals surface area contributed by atoms with Crippen LogP contribution >= 0.6 is 0 Å². The molecule has 1 atom stereocenters. The number of aromatic amines is 1. The fourth-order valence-corrected chi connectivity index (χ4v) is 3.76. The van der Waals surface area contributed by atoms with E-state index in [-0.39, 0.29) is 5.91 Å². The molecule has 2 N–H and O–H groups in total. The molecule has 134 valence electrons. The van der Waals surface area contributed by atoms with Crippen molar-refractivity contribution >= 4 is 11.7 Å². The van der Waals surface area contributed by atoms with Crippen LogP contribution in [0.4, 0.5) is 5.82 Å². The largest absolute Gasteiger partial charge is 0.309 e. The average molecular weight is 341 g/mol. The minimum absolute atomic E-state index is 0.0981. The topological polar surface area (TPSA) is 73.9 Å². The number of carbonyl (C=O) groups excluding carboxylic acids is 1. The maximum Gasteiger partial charge on any atom is 0.222 e. The average Bonchev–Trinajstić information content (AvgIpc) is 2.92. The van der Waals surface area contributed by atoms with Crippen LogP contribution in [0.3, 0.4) is 0 Å². The summed E-state index contributed by atoms with van der Waals surface area (Å²) < 4.78 is 0. The number of H-pyrrole nitrogens is 1. The van der Waals surface area contributed by atoms with Gasteiger partial charge in [0.25, 0.3) is 0 Å². The first-order chi connectivity index (χ1) is 12.0. The molecule has 2 aromatic rings. The molecule has 0 radical (unpaired) electrons. The van der Waals surface area contributed by atoms with Crippen LogP contribution in [-0.4, -0.2) is 39.1 Å². The summed E-state index contributed by atoms with van der Waals surface area (Å²) in [6.07, 6.45) is 3.61. The Hall–Kier alpha value is -2.21. The predicted octanol–water partition coefficient (Wildman–Crippen LogP) is 2.83. The van der Waals surface area contributed by atoms with Gasteiger partial charge in [0, 0.05) is 37.5 Å². The van der Waals surface area contributed by atoms with Gasteiger partial charge in [-0.1, -0.05) is 0 Å². The summed E-state index contributed by atoms with van der Waals surface area (Å²) in [5.41, 5.74) is 4.64. The molecule has 0 unspecified atom stereocenters. The number of nitrogens with zero attached hydrogens (tertiary/aromatic N) is 3. The van der Waals surface area contributed by atoms with Gasteiger partial charge in [-0.05, 0) is 63.3 Å². The van der Waals surface area contributed by atoms with E-state index >= 15 is 0 Å². The standard InChI is InChI=1S/C19H27N5O/c1-13-7-17(8-14(2)20-13)9-16-5-4-6-24(11-16)12-18-10-19(23-22-18)21-15(3)25/h7-8,10,16H,4-6,9,11-12H2,1-3H3,(H2,21,22,23,25)/t16-/m1/s1. The Morgan fingerprint density at radius 3 is 2.80 bits per heavy atom. The van der Waals surface area contributed by atoms with Crippen molar-refractivity contribution in [3.63, 3.8) is 0 Å². The van der Waals surface area contributed by atoms with Gasteiger partial charge in [-0.25, -0.2) is 0 Å². The molecule has 1 saturated heterocycles. The Bertz CT molecular complexity index is 719. The van der Waals surface area contributed by atoms with Gasteiger partial charge in [-0.3, -0.25) is 19.8 Å². The lowest BCUT2D eigenvalue weighted by Crippen LogP contribution is -2.35. The first kappa shape index (κ1) is 17.6. The fraction of sp³-hybridized carbons (Fsp3) is 0.526.